The maximum absolute atomic E-state index is 12.8. The Morgan fingerprint density at radius 1 is 1.00 bits per heavy atom. The molecule has 1 heterocycles. The minimum absolute atomic E-state index is 0.0806. The van der Waals surface area contributed by atoms with Crippen molar-refractivity contribution in [1.29, 1.82) is 0 Å². The number of aryl methyl sites for hydroxylation is 2. The molecule has 1 saturated heterocycles. The van der Waals surface area contributed by atoms with Crippen molar-refractivity contribution in [2.75, 3.05) is 19.8 Å². The largest absolute Gasteiger partial charge is 0.462 e. The standard InChI is InChI=1S/C25H29NO6S/c1-4-31-24(27)23(25(28)32-5-2)16-20-9-7-6-8-19(20)12-13-21-17-26(21)33(29,30)22-14-10-18(3)11-15-22/h6-11,14-16,21H,4-5,12-13,17H2,1-3H3. The van der Waals surface area contributed by atoms with Crippen LogP contribution in [0.15, 0.2) is 59.0 Å². The van der Waals surface area contributed by atoms with Gasteiger partial charge in [0.1, 0.15) is 5.57 Å². The number of esters is 2. The van der Waals surface area contributed by atoms with E-state index in [1.165, 1.54) is 10.4 Å². The predicted molar refractivity (Wildman–Crippen MR) is 125 cm³/mol. The molecular weight excluding hydrogens is 442 g/mol. The van der Waals surface area contributed by atoms with Crippen molar-refractivity contribution in [3.63, 3.8) is 0 Å². The highest BCUT2D eigenvalue weighted by Crippen LogP contribution is 2.32. The third-order valence-electron chi connectivity index (χ3n) is 5.38. The van der Waals surface area contributed by atoms with Crippen LogP contribution in [0.2, 0.25) is 0 Å². The van der Waals surface area contributed by atoms with Gasteiger partial charge in [-0.25, -0.2) is 18.0 Å². The number of ether oxygens (including phenoxy) is 2. The smallest absolute Gasteiger partial charge is 0.345 e. The third-order valence-corrected chi connectivity index (χ3v) is 7.32. The SMILES string of the molecule is CCOC(=O)C(=Cc1ccccc1CCC1CN1S(=O)(=O)c1ccc(C)cc1)C(=O)OCC. The summed E-state index contributed by atoms with van der Waals surface area (Å²) in [4.78, 5) is 24.9. The summed E-state index contributed by atoms with van der Waals surface area (Å²) < 4.78 is 37.2. The van der Waals surface area contributed by atoms with Gasteiger partial charge in [-0.15, -0.1) is 0 Å². The van der Waals surface area contributed by atoms with Gasteiger partial charge in [0.05, 0.1) is 18.1 Å². The molecule has 2 unspecified atom stereocenters. The van der Waals surface area contributed by atoms with Crippen molar-refractivity contribution in [1.82, 2.24) is 4.31 Å². The summed E-state index contributed by atoms with van der Waals surface area (Å²) in [6, 6.07) is 14.2. The molecule has 2 aromatic rings. The zero-order valence-corrected chi connectivity index (χ0v) is 19.9. The second kappa shape index (κ2) is 10.8. The Balaban J connectivity index is 1.73. The first kappa shape index (κ1) is 24.7. The number of sulfonamides is 1. The molecule has 0 amide bonds. The van der Waals surface area contributed by atoms with Crippen LogP contribution in [0.1, 0.15) is 37.0 Å². The van der Waals surface area contributed by atoms with E-state index in [-0.39, 0.29) is 24.8 Å². The topological polar surface area (TPSA) is 89.8 Å². The van der Waals surface area contributed by atoms with Crippen molar-refractivity contribution in [2.45, 2.75) is 44.6 Å². The fourth-order valence-corrected chi connectivity index (χ4v) is 5.15. The molecule has 0 N–H and O–H groups in total. The molecule has 2 atom stereocenters. The summed E-state index contributed by atoms with van der Waals surface area (Å²) in [5, 5.41) is 0. The van der Waals surface area contributed by atoms with Gasteiger partial charge in [0.25, 0.3) is 0 Å². The second-order valence-electron chi connectivity index (χ2n) is 7.78. The molecule has 7 nitrogen and oxygen atoms in total. The number of nitrogens with zero attached hydrogens (tertiary/aromatic N) is 1. The van der Waals surface area contributed by atoms with Crippen LogP contribution in [0.25, 0.3) is 6.08 Å². The van der Waals surface area contributed by atoms with Crippen molar-refractivity contribution >= 4 is 28.0 Å². The molecule has 2 aromatic carbocycles. The van der Waals surface area contributed by atoms with E-state index in [9.17, 15) is 18.0 Å². The Labute approximate surface area is 195 Å². The van der Waals surface area contributed by atoms with E-state index in [1.54, 1.807) is 38.1 Å². The fourth-order valence-electron chi connectivity index (χ4n) is 3.54. The van der Waals surface area contributed by atoms with E-state index in [0.717, 1.165) is 11.1 Å². The van der Waals surface area contributed by atoms with Crippen LogP contribution in [0.5, 0.6) is 0 Å². The van der Waals surface area contributed by atoms with E-state index in [1.807, 2.05) is 31.2 Å². The van der Waals surface area contributed by atoms with Gasteiger partial charge in [0, 0.05) is 12.6 Å². The molecule has 176 valence electrons. The number of hydrogen-bond acceptors (Lipinski definition) is 6. The van der Waals surface area contributed by atoms with Gasteiger partial charge >= 0.3 is 11.9 Å². The zero-order valence-electron chi connectivity index (χ0n) is 19.1. The molecule has 3 rings (SSSR count). The Bertz CT molecular complexity index is 1120. The minimum atomic E-state index is -3.50. The van der Waals surface area contributed by atoms with E-state index in [4.69, 9.17) is 9.47 Å². The van der Waals surface area contributed by atoms with Crippen LogP contribution in [0.3, 0.4) is 0 Å². The fraction of sp³-hybridized carbons (Fsp3) is 0.360. The summed E-state index contributed by atoms with van der Waals surface area (Å²) in [5.74, 6) is -1.47. The predicted octanol–water partition coefficient (Wildman–Crippen LogP) is 3.51. The number of hydrogen-bond donors (Lipinski definition) is 0. The monoisotopic (exact) mass is 471 g/mol. The van der Waals surface area contributed by atoms with Crippen LogP contribution in [0.4, 0.5) is 0 Å². The van der Waals surface area contributed by atoms with Crippen LogP contribution in [-0.2, 0) is 35.5 Å². The molecule has 0 aliphatic carbocycles. The number of carbonyl (C=O) groups excluding carboxylic acids is 2. The number of carbonyl (C=O) groups is 2. The lowest BCUT2D eigenvalue weighted by atomic mass is 10.00. The van der Waals surface area contributed by atoms with E-state index >= 15 is 0 Å². The first-order chi connectivity index (χ1) is 15.8. The average Bonchev–Trinajstić information content (AvgIpc) is 3.58. The molecular formula is C25H29NO6S. The Morgan fingerprint density at radius 3 is 2.21 bits per heavy atom. The Morgan fingerprint density at radius 2 is 1.61 bits per heavy atom. The van der Waals surface area contributed by atoms with Gasteiger partial charge in [-0.05, 0) is 62.9 Å². The zero-order chi connectivity index (χ0) is 24.0. The highest BCUT2D eigenvalue weighted by molar-refractivity contribution is 7.89. The van der Waals surface area contributed by atoms with Crippen LogP contribution in [-0.4, -0.2) is 50.5 Å². The second-order valence-corrected chi connectivity index (χ2v) is 9.67. The van der Waals surface area contributed by atoms with Gasteiger partial charge in [0.15, 0.2) is 0 Å². The van der Waals surface area contributed by atoms with E-state index in [0.29, 0.717) is 29.8 Å². The molecule has 0 saturated carbocycles. The molecule has 1 fully saturated rings. The minimum Gasteiger partial charge on any atom is -0.462 e. The Hall–Kier alpha value is -2.97. The molecule has 0 radical (unpaired) electrons. The van der Waals surface area contributed by atoms with Crippen LogP contribution in [0, 0.1) is 6.92 Å². The first-order valence-corrected chi connectivity index (χ1v) is 12.4. The summed E-state index contributed by atoms with van der Waals surface area (Å²) in [6.45, 7) is 6.01. The molecule has 0 spiro atoms. The van der Waals surface area contributed by atoms with Crippen molar-refractivity contribution < 1.29 is 27.5 Å². The number of rotatable bonds is 10. The lowest BCUT2D eigenvalue weighted by molar-refractivity contribution is -0.146. The van der Waals surface area contributed by atoms with Gasteiger partial charge in [-0.2, -0.15) is 4.31 Å². The molecule has 33 heavy (non-hydrogen) atoms. The lowest BCUT2D eigenvalue weighted by Crippen LogP contribution is -2.18. The number of benzene rings is 2. The maximum atomic E-state index is 12.8. The molecule has 0 bridgehead atoms. The summed E-state index contributed by atoms with van der Waals surface area (Å²) in [6.07, 6.45) is 2.71. The lowest BCUT2D eigenvalue weighted by Gasteiger charge is -2.10. The van der Waals surface area contributed by atoms with Crippen LogP contribution >= 0.6 is 0 Å². The Kier molecular flexibility index (Phi) is 8.05. The van der Waals surface area contributed by atoms with E-state index in [2.05, 4.69) is 0 Å². The molecule has 8 heteroatoms. The van der Waals surface area contributed by atoms with E-state index < -0.39 is 22.0 Å². The third kappa shape index (κ3) is 6.09. The van der Waals surface area contributed by atoms with Crippen molar-refractivity contribution in [3.05, 3.63) is 70.8 Å². The van der Waals surface area contributed by atoms with Gasteiger partial charge in [-0.3, -0.25) is 0 Å². The summed E-state index contributed by atoms with van der Waals surface area (Å²) in [5.41, 5.74) is 2.44. The average molecular weight is 472 g/mol. The highest BCUT2D eigenvalue weighted by Gasteiger charge is 2.43. The highest BCUT2D eigenvalue weighted by atomic mass is 32.2. The molecule has 0 aromatic heterocycles. The first-order valence-electron chi connectivity index (χ1n) is 11.0. The summed E-state index contributed by atoms with van der Waals surface area (Å²) in [7, 11) is -3.50. The maximum Gasteiger partial charge on any atom is 0.345 e. The molecule has 1 aliphatic rings. The van der Waals surface area contributed by atoms with Gasteiger partial charge in [0.2, 0.25) is 10.0 Å². The van der Waals surface area contributed by atoms with Gasteiger partial charge < -0.3 is 9.47 Å². The van der Waals surface area contributed by atoms with Crippen molar-refractivity contribution in [2.24, 2.45) is 0 Å². The van der Waals surface area contributed by atoms with Crippen molar-refractivity contribution in [3.8, 4) is 0 Å². The molecule has 1 aliphatic heterocycles. The van der Waals surface area contributed by atoms with Crippen LogP contribution < -0.4 is 0 Å². The quantitative estimate of drug-likeness (QED) is 0.173. The summed E-state index contributed by atoms with van der Waals surface area (Å²) >= 11 is 0. The van der Waals surface area contributed by atoms with Gasteiger partial charge in [-0.1, -0.05) is 42.0 Å². The normalized spacial score (nSPS) is 17.2.